The largest absolute Gasteiger partial charge is 0.377 e. The van der Waals surface area contributed by atoms with E-state index in [-0.39, 0.29) is 0 Å². The molecule has 2 bridgehead atoms. The van der Waals surface area contributed by atoms with Crippen LogP contribution < -0.4 is 0 Å². The van der Waals surface area contributed by atoms with Crippen LogP contribution in [0.4, 0.5) is 0 Å². The Bertz CT molecular complexity index is 140. The molecule has 0 N–H and O–H groups in total. The van der Waals surface area contributed by atoms with Gasteiger partial charge in [-0.1, -0.05) is 13.0 Å². The van der Waals surface area contributed by atoms with E-state index in [4.69, 9.17) is 0 Å². The first-order valence-corrected chi connectivity index (χ1v) is 3.78. The molecule has 1 saturated heterocycles. The summed E-state index contributed by atoms with van der Waals surface area (Å²) in [5.74, 6) is 1.80. The summed E-state index contributed by atoms with van der Waals surface area (Å²) >= 11 is 0. The Morgan fingerprint density at radius 2 is 2.44 bits per heavy atom. The highest BCUT2D eigenvalue weighted by Crippen LogP contribution is 2.28. The van der Waals surface area contributed by atoms with Crippen molar-refractivity contribution in [1.82, 2.24) is 4.90 Å². The van der Waals surface area contributed by atoms with E-state index >= 15 is 0 Å². The van der Waals surface area contributed by atoms with Crippen LogP contribution in [0.5, 0.6) is 0 Å². The Kier molecular flexibility index (Phi) is 1.04. The fraction of sp³-hybridized carbons (Fsp3) is 0.750. The summed E-state index contributed by atoms with van der Waals surface area (Å²) in [7, 11) is 0. The third-order valence-corrected chi connectivity index (χ3v) is 2.55. The van der Waals surface area contributed by atoms with E-state index in [1.807, 2.05) is 0 Å². The van der Waals surface area contributed by atoms with Gasteiger partial charge in [-0.05, 0) is 24.5 Å². The second kappa shape index (κ2) is 1.76. The van der Waals surface area contributed by atoms with Crippen LogP contribution in [-0.2, 0) is 0 Å². The van der Waals surface area contributed by atoms with E-state index in [0.29, 0.717) is 0 Å². The van der Waals surface area contributed by atoms with Crippen LogP contribution in [0.3, 0.4) is 0 Å². The van der Waals surface area contributed by atoms with Crippen molar-refractivity contribution in [2.45, 2.75) is 13.3 Å². The summed E-state index contributed by atoms with van der Waals surface area (Å²) in [6.45, 7) is 4.94. The maximum Gasteiger partial charge on any atom is 0.0203 e. The lowest BCUT2D eigenvalue weighted by atomic mass is 9.84. The predicted octanol–water partition coefficient (Wildman–Crippen LogP) is 1.47. The first-order valence-electron chi connectivity index (χ1n) is 3.78. The molecule has 1 fully saturated rings. The van der Waals surface area contributed by atoms with E-state index in [1.54, 1.807) is 0 Å². The van der Waals surface area contributed by atoms with E-state index in [9.17, 15) is 0 Å². The van der Waals surface area contributed by atoms with Crippen molar-refractivity contribution in [1.29, 1.82) is 0 Å². The SMILES string of the molecule is C[C@H]1CN2C=CC1CC2. The molecule has 0 aromatic heterocycles. The maximum atomic E-state index is 2.42. The van der Waals surface area contributed by atoms with Gasteiger partial charge in [-0.15, -0.1) is 0 Å². The molecule has 0 radical (unpaired) electrons. The van der Waals surface area contributed by atoms with Gasteiger partial charge in [0.1, 0.15) is 0 Å². The molecule has 1 heteroatoms. The number of piperidine rings is 1. The molecule has 3 heterocycles. The first-order chi connectivity index (χ1) is 4.36. The summed E-state index contributed by atoms with van der Waals surface area (Å²) in [6, 6.07) is 0. The Hall–Kier alpha value is -0.460. The van der Waals surface area contributed by atoms with E-state index < -0.39 is 0 Å². The average molecular weight is 123 g/mol. The van der Waals surface area contributed by atoms with Gasteiger partial charge in [0.25, 0.3) is 0 Å². The summed E-state index contributed by atoms with van der Waals surface area (Å²) in [5.41, 5.74) is 0. The van der Waals surface area contributed by atoms with Crippen molar-refractivity contribution >= 4 is 0 Å². The number of allylic oxidation sites excluding steroid dienone is 1. The topological polar surface area (TPSA) is 3.24 Å². The quantitative estimate of drug-likeness (QED) is 0.471. The van der Waals surface area contributed by atoms with Gasteiger partial charge in [0.2, 0.25) is 0 Å². The summed E-state index contributed by atoms with van der Waals surface area (Å²) in [4.78, 5) is 2.42. The number of rotatable bonds is 0. The first kappa shape index (κ1) is 5.33. The minimum atomic E-state index is 0.898. The molecule has 0 spiro atoms. The van der Waals surface area contributed by atoms with E-state index in [1.165, 1.54) is 19.5 Å². The zero-order valence-corrected chi connectivity index (χ0v) is 5.88. The van der Waals surface area contributed by atoms with Crippen molar-refractivity contribution in [2.24, 2.45) is 11.8 Å². The smallest absolute Gasteiger partial charge is 0.0203 e. The minimum absolute atomic E-state index is 0.898. The van der Waals surface area contributed by atoms with Gasteiger partial charge >= 0.3 is 0 Å². The van der Waals surface area contributed by atoms with Crippen molar-refractivity contribution < 1.29 is 0 Å². The van der Waals surface area contributed by atoms with Gasteiger partial charge in [-0.25, -0.2) is 0 Å². The lowest BCUT2D eigenvalue weighted by Crippen LogP contribution is -2.39. The second-order valence-electron chi connectivity index (χ2n) is 3.27. The van der Waals surface area contributed by atoms with Crippen molar-refractivity contribution in [2.75, 3.05) is 13.1 Å². The Labute approximate surface area is 56.4 Å². The molecule has 3 aliphatic heterocycles. The molecule has 3 rings (SSSR count). The van der Waals surface area contributed by atoms with Crippen molar-refractivity contribution in [3.05, 3.63) is 12.3 Å². The molecular formula is C8H13N. The van der Waals surface area contributed by atoms with Crippen LogP contribution >= 0.6 is 0 Å². The van der Waals surface area contributed by atoms with Crippen LogP contribution in [-0.4, -0.2) is 18.0 Å². The molecule has 0 aliphatic carbocycles. The van der Waals surface area contributed by atoms with Gasteiger partial charge in [0, 0.05) is 13.1 Å². The molecule has 9 heavy (non-hydrogen) atoms. The van der Waals surface area contributed by atoms with Crippen LogP contribution in [0.2, 0.25) is 0 Å². The molecule has 1 unspecified atom stereocenters. The summed E-state index contributed by atoms with van der Waals surface area (Å²) < 4.78 is 0. The Balaban J connectivity index is 2.20. The lowest BCUT2D eigenvalue weighted by Gasteiger charge is -2.39. The summed E-state index contributed by atoms with van der Waals surface area (Å²) in [6.07, 6.45) is 6.00. The standard InChI is InChI=1S/C8H13N/c1-7-6-9-4-2-8(7)3-5-9/h2,4,7-8H,3,5-6H2,1H3/t7-,8?/m0/s1. The number of hydrogen-bond donors (Lipinski definition) is 0. The van der Waals surface area contributed by atoms with E-state index in [0.717, 1.165) is 11.8 Å². The van der Waals surface area contributed by atoms with Gasteiger partial charge in [-0.3, -0.25) is 0 Å². The van der Waals surface area contributed by atoms with Crippen molar-refractivity contribution in [3.63, 3.8) is 0 Å². The van der Waals surface area contributed by atoms with Gasteiger partial charge in [-0.2, -0.15) is 0 Å². The summed E-state index contributed by atoms with van der Waals surface area (Å²) in [5, 5.41) is 0. The number of hydrogen-bond acceptors (Lipinski definition) is 1. The fourth-order valence-electron chi connectivity index (χ4n) is 1.85. The lowest BCUT2D eigenvalue weighted by molar-refractivity contribution is 0.177. The van der Waals surface area contributed by atoms with Gasteiger partial charge in [0.15, 0.2) is 0 Å². The van der Waals surface area contributed by atoms with Gasteiger partial charge in [0.05, 0.1) is 0 Å². The highest BCUT2D eigenvalue weighted by atomic mass is 15.1. The molecule has 2 atom stereocenters. The Morgan fingerprint density at radius 3 is 2.67 bits per heavy atom. The highest BCUT2D eigenvalue weighted by Gasteiger charge is 2.26. The molecule has 0 aromatic rings. The zero-order valence-electron chi connectivity index (χ0n) is 5.88. The maximum absolute atomic E-state index is 2.42. The highest BCUT2D eigenvalue weighted by molar-refractivity contribution is 5.01. The van der Waals surface area contributed by atoms with Crippen LogP contribution in [0.15, 0.2) is 12.3 Å². The molecule has 0 amide bonds. The molecule has 0 saturated carbocycles. The van der Waals surface area contributed by atoms with E-state index in [2.05, 4.69) is 24.1 Å². The predicted molar refractivity (Wildman–Crippen MR) is 38.0 cm³/mol. The number of nitrogens with zero attached hydrogens (tertiary/aromatic N) is 1. The molecular weight excluding hydrogens is 110 g/mol. The average Bonchev–Trinajstić information content (AvgIpc) is 1.90. The van der Waals surface area contributed by atoms with Crippen LogP contribution in [0.25, 0.3) is 0 Å². The van der Waals surface area contributed by atoms with Crippen molar-refractivity contribution in [3.8, 4) is 0 Å². The molecule has 0 aromatic carbocycles. The zero-order chi connectivity index (χ0) is 6.27. The number of fused-ring (bicyclic) bond motifs is 2. The minimum Gasteiger partial charge on any atom is -0.377 e. The third-order valence-electron chi connectivity index (χ3n) is 2.55. The normalized spacial score (nSPS) is 39.9. The molecule has 1 nitrogen and oxygen atoms in total. The molecule has 3 aliphatic rings. The molecule has 50 valence electrons. The third kappa shape index (κ3) is 0.752. The van der Waals surface area contributed by atoms with Crippen LogP contribution in [0.1, 0.15) is 13.3 Å². The fourth-order valence-corrected chi connectivity index (χ4v) is 1.85. The van der Waals surface area contributed by atoms with Crippen LogP contribution in [0, 0.1) is 11.8 Å². The second-order valence-corrected chi connectivity index (χ2v) is 3.27. The van der Waals surface area contributed by atoms with Gasteiger partial charge < -0.3 is 4.90 Å². The monoisotopic (exact) mass is 123 g/mol. The Morgan fingerprint density at radius 1 is 1.56 bits per heavy atom.